The molecule has 1 heterocycles. The lowest BCUT2D eigenvalue weighted by molar-refractivity contribution is -0.118. The maximum atomic E-state index is 13.3. The van der Waals surface area contributed by atoms with Crippen LogP contribution in [0.15, 0.2) is 118 Å². The third-order valence-electron chi connectivity index (χ3n) is 5.79. The second kappa shape index (κ2) is 11.1. The number of thioether (sulfide) groups is 1. The third-order valence-corrected chi connectivity index (χ3v) is 6.73. The predicted octanol–water partition coefficient (Wildman–Crippen LogP) is 5.60. The Hall–Kier alpha value is -4.49. The summed E-state index contributed by atoms with van der Waals surface area (Å²) in [4.78, 5) is 30.5. The lowest BCUT2D eigenvalue weighted by Crippen LogP contribution is -2.24. The van der Waals surface area contributed by atoms with Gasteiger partial charge in [-0.15, -0.1) is 0 Å². The van der Waals surface area contributed by atoms with E-state index in [9.17, 15) is 9.59 Å². The van der Waals surface area contributed by atoms with E-state index in [1.54, 1.807) is 22.9 Å². The van der Waals surface area contributed by atoms with Gasteiger partial charge in [0.2, 0.25) is 0 Å². The first-order valence-corrected chi connectivity index (χ1v) is 12.8. The van der Waals surface area contributed by atoms with Crippen LogP contribution >= 0.6 is 11.8 Å². The van der Waals surface area contributed by atoms with Gasteiger partial charge in [-0.3, -0.25) is 14.2 Å². The summed E-state index contributed by atoms with van der Waals surface area (Å²) in [5.41, 5.74) is 7.90. The maximum absolute atomic E-state index is 13.3. The van der Waals surface area contributed by atoms with Crippen LogP contribution in [0.3, 0.4) is 0 Å². The number of nitrogens with zero attached hydrogens (tertiary/aromatic N) is 3. The number of hydrazone groups is 1. The summed E-state index contributed by atoms with van der Waals surface area (Å²) in [6.45, 7) is 1.99. The van der Waals surface area contributed by atoms with Crippen LogP contribution in [0, 0.1) is 6.92 Å². The second-order valence-electron chi connectivity index (χ2n) is 8.46. The summed E-state index contributed by atoms with van der Waals surface area (Å²) in [5, 5.41) is 5.06. The molecule has 5 rings (SSSR count). The van der Waals surface area contributed by atoms with Crippen molar-refractivity contribution in [1.29, 1.82) is 0 Å². The Morgan fingerprint density at radius 2 is 1.57 bits per heavy atom. The van der Waals surface area contributed by atoms with E-state index >= 15 is 0 Å². The molecule has 0 saturated carbocycles. The van der Waals surface area contributed by atoms with Gasteiger partial charge < -0.3 is 0 Å². The van der Waals surface area contributed by atoms with Crippen LogP contribution in [0.25, 0.3) is 27.7 Å². The fourth-order valence-electron chi connectivity index (χ4n) is 3.86. The van der Waals surface area contributed by atoms with Crippen LogP contribution < -0.4 is 11.0 Å². The fraction of sp³-hybridized carbons (Fsp3) is 0.0667. The monoisotopic (exact) mass is 504 g/mol. The Kier molecular flexibility index (Phi) is 7.23. The van der Waals surface area contributed by atoms with Crippen molar-refractivity contribution in [2.75, 3.05) is 5.75 Å². The highest BCUT2D eigenvalue weighted by Gasteiger charge is 2.14. The number of fused-ring (bicyclic) bond motifs is 1. The highest BCUT2D eigenvalue weighted by molar-refractivity contribution is 7.99. The number of hydrogen-bond acceptors (Lipinski definition) is 5. The largest absolute Gasteiger partial charge is 0.272 e. The molecule has 1 amide bonds. The van der Waals surface area contributed by atoms with Crippen LogP contribution in [0.5, 0.6) is 0 Å². The number of carbonyl (C=O) groups excluding carboxylic acids is 1. The Balaban J connectivity index is 1.29. The molecule has 1 N–H and O–H groups in total. The summed E-state index contributed by atoms with van der Waals surface area (Å²) in [6.07, 6.45) is 1.61. The normalized spacial score (nSPS) is 11.2. The summed E-state index contributed by atoms with van der Waals surface area (Å²) in [6, 6.07) is 32.9. The predicted molar refractivity (Wildman–Crippen MR) is 150 cm³/mol. The first-order valence-electron chi connectivity index (χ1n) is 11.8. The van der Waals surface area contributed by atoms with Crippen LogP contribution in [0.2, 0.25) is 0 Å². The lowest BCUT2D eigenvalue weighted by Gasteiger charge is -2.13. The van der Waals surface area contributed by atoms with Gasteiger partial charge in [0, 0.05) is 0 Å². The van der Waals surface area contributed by atoms with E-state index in [0.29, 0.717) is 21.7 Å². The average molecular weight is 505 g/mol. The van der Waals surface area contributed by atoms with Crippen molar-refractivity contribution in [2.24, 2.45) is 5.10 Å². The zero-order valence-electron chi connectivity index (χ0n) is 20.2. The molecular weight excluding hydrogens is 480 g/mol. The molecule has 0 aliphatic heterocycles. The lowest BCUT2D eigenvalue weighted by atomic mass is 10.0. The number of carbonyl (C=O) groups is 1. The molecule has 0 radical (unpaired) electrons. The number of para-hydroxylation sites is 1. The van der Waals surface area contributed by atoms with Crippen molar-refractivity contribution in [2.45, 2.75) is 12.1 Å². The van der Waals surface area contributed by atoms with E-state index in [4.69, 9.17) is 0 Å². The van der Waals surface area contributed by atoms with Crippen molar-refractivity contribution >= 4 is 34.8 Å². The Morgan fingerprint density at radius 3 is 2.32 bits per heavy atom. The van der Waals surface area contributed by atoms with Crippen molar-refractivity contribution < 1.29 is 4.79 Å². The molecule has 182 valence electrons. The molecule has 5 aromatic rings. The first-order chi connectivity index (χ1) is 18.1. The van der Waals surface area contributed by atoms with E-state index in [1.807, 2.05) is 85.8 Å². The molecule has 6 nitrogen and oxygen atoms in total. The molecule has 4 aromatic carbocycles. The van der Waals surface area contributed by atoms with Gasteiger partial charge >= 0.3 is 0 Å². The van der Waals surface area contributed by atoms with Crippen LogP contribution in [-0.2, 0) is 4.79 Å². The SMILES string of the molecule is Cc1ccc(-n2c(SCC(=O)NN=Cc3ccc(-c4ccccc4)cc3)nc3ccccc3c2=O)cc1. The van der Waals surface area contributed by atoms with Crippen LogP contribution in [-0.4, -0.2) is 27.4 Å². The van der Waals surface area contributed by atoms with Gasteiger partial charge in [-0.2, -0.15) is 5.10 Å². The number of amides is 1. The summed E-state index contributed by atoms with van der Waals surface area (Å²) in [5.74, 6) is -0.235. The van der Waals surface area contributed by atoms with Gasteiger partial charge in [0.05, 0.1) is 28.6 Å². The number of benzene rings is 4. The number of rotatable bonds is 7. The van der Waals surface area contributed by atoms with E-state index < -0.39 is 0 Å². The molecule has 0 spiro atoms. The second-order valence-corrected chi connectivity index (χ2v) is 9.40. The molecule has 0 saturated heterocycles. The molecule has 0 aliphatic carbocycles. The molecule has 0 atom stereocenters. The van der Waals surface area contributed by atoms with Crippen molar-refractivity contribution in [1.82, 2.24) is 15.0 Å². The van der Waals surface area contributed by atoms with E-state index in [1.165, 1.54) is 11.8 Å². The van der Waals surface area contributed by atoms with Crippen LogP contribution in [0.1, 0.15) is 11.1 Å². The zero-order chi connectivity index (χ0) is 25.6. The quantitative estimate of drug-likeness (QED) is 0.135. The van der Waals surface area contributed by atoms with Gasteiger partial charge in [0.1, 0.15) is 0 Å². The van der Waals surface area contributed by atoms with Crippen molar-refractivity contribution in [3.05, 3.63) is 125 Å². The van der Waals surface area contributed by atoms with E-state index in [0.717, 1.165) is 22.3 Å². The highest BCUT2D eigenvalue weighted by Crippen LogP contribution is 2.22. The van der Waals surface area contributed by atoms with Gasteiger partial charge in [-0.25, -0.2) is 10.4 Å². The fourth-order valence-corrected chi connectivity index (χ4v) is 4.67. The number of hydrogen-bond donors (Lipinski definition) is 1. The average Bonchev–Trinajstić information content (AvgIpc) is 2.94. The highest BCUT2D eigenvalue weighted by atomic mass is 32.2. The maximum Gasteiger partial charge on any atom is 0.266 e. The Bertz CT molecular complexity index is 1630. The number of aromatic nitrogens is 2. The smallest absolute Gasteiger partial charge is 0.266 e. The third kappa shape index (κ3) is 5.68. The summed E-state index contributed by atoms with van der Waals surface area (Å²) in [7, 11) is 0. The molecule has 0 fully saturated rings. The molecule has 0 bridgehead atoms. The summed E-state index contributed by atoms with van der Waals surface area (Å²) >= 11 is 1.19. The summed E-state index contributed by atoms with van der Waals surface area (Å²) < 4.78 is 1.55. The molecule has 1 aromatic heterocycles. The van der Waals surface area contributed by atoms with E-state index in [2.05, 4.69) is 27.6 Å². The Morgan fingerprint density at radius 1 is 0.892 bits per heavy atom. The molecule has 0 unspecified atom stereocenters. The zero-order valence-corrected chi connectivity index (χ0v) is 21.0. The molecule has 37 heavy (non-hydrogen) atoms. The molecule has 0 aliphatic rings. The number of aryl methyl sites for hydroxylation is 1. The minimum atomic E-state index is -0.292. The minimum Gasteiger partial charge on any atom is -0.272 e. The first kappa shape index (κ1) is 24.2. The standard InChI is InChI=1S/C30H24N4O2S/c1-21-11-17-25(18-12-21)34-29(36)26-9-5-6-10-27(26)32-30(34)37-20-28(35)33-31-19-22-13-15-24(16-14-22)23-7-3-2-4-8-23/h2-19H,20H2,1H3,(H,33,35). The van der Waals surface area contributed by atoms with Crippen LogP contribution in [0.4, 0.5) is 0 Å². The van der Waals surface area contributed by atoms with Crippen molar-refractivity contribution in [3.63, 3.8) is 0 Å². The molecular formula is C30H24N4O2S. The van der Waals surface area contributed by atoms with E-state index in [-0.39, 0.29) is 17.2 Å². The van der Waals surface area contributed by atoms with Gasteiger partial charge in [0.25, 0.3) is 11.5 Å². The van der Waals surface area contributed by atoms with Gasteiger partial charge in [-0.05, 0) is 47.9 Å². The Labute approximate surface area is 218 Å². The van der Waals surface area contributed by atoms with Crippen molar-refractivity contribution in [3.8, 4) is 16.8 Å². The molecule has 7 heteroatoms. The topological polar surface area (TPSA) is 76.3 Å². The number of nitrogens with one attached hydrogen (secondary N) is 1. The van der Waals surface area contributed by atoms with Gasteiger partial charge in [0.15, 0.2) is 5.16 Å². The van der Waals surface area contributed by atoms with Gasteiger partial charge in [-0.1, -0.05) is 96.2 Å². The minimum absolute atomic E-state index is 0.0565.